The monoisotopic (exact) mass is 407 g/mol. The van der Waals surface area contributed by atoms with Crippen molar-refractivity contribution in [1.82, 2.24) is 4.90 Å². The minimum absolute atomic E-state index is 0.00334. The molecular formula is C21H23F2NO5. The first-order valence-corrected chi connectivity index (χ1v) is 8.94. The van der Waals surface area contributed by atoms with Gasteiger partial charge in [0, 0.05) is 5.56 Å². The van der Waals surface area contributed by atoms with Crippen LogP contribution in [0.2, 0.25) is 0 Å². The van der Waals surface area contributed by atoms with Crippen molar-refractivity contribution < 1.29 is 33.0 Å². The first-order valence-electron chi connectivity index (χ1n) is 8.94. The van der Waals surface area contributed by atoms with Crippen LogP contribution in [-0.2, 0) is 11.3 Å². The smallest absolute Gasteiger partial charge is 0.410 e. The first-order chi connectivity index (χ1) is 13.6. The van der Waals surface area contributed by atoms with Crippen molar-refractivity contribution in [3.63, 3.8) is 0 Å². The minimum atomic E-state index is -1.25. The zero-order chi connectivity index (χ0) is 21.6. The molecular weight excluding hydrogens is 384 g/mol. The summed E-state index contributed by atoms with van der Waals surface area (Å²) in [6.07, 6.45) is -0.661. The van der Waals surface area contributed by atoms with Gasteiger partial charge in [0.15, 0.2) is 11.6 Å². The number of halogens is 2. The lowest BCUT2D eigenvalue weighted by Gasteiger charge is -2.27. The Labute approximate surface area is 167 Å². The number of hydrogen-bond donors (Lipinski definition) is 1. The molecule has 0 saturated heterocycles. The van der Waals surface area contributed by atoms with E-state index in [4.69, 9.17) is 14.6 Å². The summed E-state index contributed by atoms with van der Waals surface area (Å²) < 4.78 is 38.6. The van der Waals surface area contributed by atoms with Gasteiger partial charge in [-0.3, -0.25) is 0 Å². The SMILES string of the molecule is CC(C)(C)OC(=O)N(CCOc1ccc(C(=O)O)cc1F)Cc1ccccc1F. The number of rotatable bonds is 7. The average Bonchev–Trinajstić information content (AvgIpc) is 2.62. The average molecular weight is 407 g/mol. The molecule has 2 rings (SSSR count). The fourth-order valence-electron chi connectivity index (χ4n) is 2.41. The molecule has 0 saturated carbocycles. The number of aromatic carboxylic acids is 1. The molecule has 6 nitrogen and oxygen atoms in total. The lowest BCUT2D eigenvalue weighted by molar-refractivity contribution is 0.0206. The maximum absolute atomic E-state index is 14.0. The van der Waals surface area contributed by atoms with Crippen LogP contribution >= 0.6 is 0 Å². The number of benzene rings is 2. The summed E-state index contributed by atoms with van der Waals surface area (Å²) in [6, 6.07) is 9.31. The predicted molar refractivity (Wildman–Crippen MR) is 102 cm³/mol. The van der Waals surface area contributed by atoms with Gasteiger partial charge in [0.05, 0.1) is 18.7 Å². The van der Waals surface area contributed by atoms with Crippen LogP contribution in [0.5, 0.6) is 5.75 Å². The first kappa shape index (κ1) is 22.1. The highest BCUT2D eigenvalue weighted by Crippen LogP contribution is 2.19. The molecule has 0 unspecified atom stereocenters. The van der Waals surface area contributed by atoms with Gasteiger partial charge in [-0.15, -0.1) is 0 Å². The van der Waals surface area contributed by atoms with Crippen LogP contribution in [0.25, 0.3) is 0 Å². The summed E-state index contributed by atoms with van der Waals surface area (Å²) in [5, 5.41) is 8.87. The van der Waals surface area contributed by atoms with Crippen molar-refractivity contribution in [2.45, 2.75) is 32.9 Å². The summed E-state index contributed by atoms with van der Waals surface area (Å²) in [4.78, 5) is 24.6. The van der Waals surface area contributed by atoms with Crippen molar-refractivity contribution in [3.8, 4) is 5.75 Å². The van der Waals surface area contributed by atoms with E-state index in [2.05, 4.69) is 0 Å². The van der Waals surface area contributed by atoms with E-state index in [1.54, 1.807) is 39.0 Å². The number of nitrogens with zero attached hydrogens (tertiary/aromatic N) is 1. The number of amides is 1. The molecule has 0 radical (unpaired) electrons. The Balaban J connectivity index is 2.08. The van der Waals surface area contributed by atoms with Crippen molar-refractivity contribution in [2.24, 2.45) is 0 Å². The van der Waals surface area contributed by atoms with Gasteiger partial charge in [0.25, 0.3) is 0 Å². The van der Waals surface area contributed by atoms with Crippen LogP contribution in [0.3, 0.4) is 0 Å². The second-order valence-corrected chi connectivity index (χ2v) is 7.29. The third kappa shape index (κ3) is 6.74. The van der Waals surface area contributed by atoms with Gasteiger partial charge >= 0.3 is 12.1 Å². The Morgan fingerprint density at radius 2 is 1.76 bits per heavy atom. The molecule has 0 aliphatic rings. The van der Waals surface area contributed by atoms with Crippen LogP contribution in [0, 0.1) is 11.6 Å². The van der Waals surface area contributed by atoms with Crippen LogP contribution in [-0.4, -0.2) is 40.8 Å². The van der Waals surface area contributed by atoms with E-state index >= 15 is 0 Å². The summed E-state index contributed by atoms with van der Waals surface area (Å²) in [7, 11) is 0. The fourth-order valence-corrected chi connectivity index (χ4v) is 2.41. The Morgan fingerprint density at radius 1 is 1.07 bits per heavy atom. The van der Waals surface area contributed by atoms with E-state index in [1.807, 2.05) is 0 Å². The summed E-state index contributed by atoms with van der Waals surface area (Å²) in [5.41, 5.74) is -0.648. The van der Waals surface area contributed by atoms with Gasteiger partial charge in [0.2, 0.25) is 0 Å². The zero-order valence-corrected chi connectivity index (χ0v) is 16.4. The maximum Gasteiger partial charge on any atom is 0.410 e. The second kappa shape index (κ2) is 9.36. The third-order valence-corrected chi connectivity index (χ3v) is 3.77. The predicted octanol–water partition coefficient (Wildman–Crippen LogP) is 4.48. The number of ether oxygens (including phenoxy) is 2. The fraction of sp³-hybridized carbons (Fsp3) is 0.333. The van der Waals surface area contributed by atoms with Crippen molar-refractivity contribution >= 4 is 12.1 Å². The molecule has 2 aromatic rings. The highest BCUT2D eigenvalue weighted by Gasteiger charge is 2.23. The number of carbonyl (C=O) groups is 2. The highest BCUT2D eigenvalue weighted by molar-refractivity contribution is 5.87. The molecule has 1 amide bonds. The van der Waals surface area contributed by atoms with E-state index in [9.17, 15) is 18.4 Å². The van der Waals surface area contributed by atoms with E-state index in [1.165, 1.54) is 23.1 Å². The summed E-state index contributed by atoms with van der Waals surface area (Å²) in [5.74, 6) is -2.69. The zero-order valence-electron chi connectivity index (χ0n) is 16.4. The van der Waals surface area contributed by atoms with E-state index in [-0.39, 0.29) is 31.0 Å². The molecule has 0 aromatic heterocycles. The van der Waals surface area contributed by atoms with Crippen LogP contribution in [0.15, 0.2) is 42.5 Å². The molecule has 156 valence electrons. The molecule has 0 fully saturated rings. The molecule has 0 atom stereocenters. The van der Waals surface area contributed by atoms with Crippen LogP contribution in [0.1, 0.15) is 36.7 Å². The molecule has 0 spiro atoms. The second-order valence-electron chi connectivity index (χ2n) is 7.29. The largest absolute Gasteiger partial charge is 0.489 e. The topological polar surface area (TPSA) is 76.1 Å². The van der Waals surface area contributed by atoms with Gasteiger partial charge in [-0.25, -0.2) is 18.4 Å². The van der Waals surface area contributed by atoms with Gasteiger partial charge in [-0.05, 0) is 45.0 Å². The standard InChI is InChI=1S/C21H23F2NO5/c1-21(2,3)29-20(27)24(13-15-6-4-5-7-16(15)22)10-11-28-18-9-8-14(19(25)26)12-17(18)23/h4-9,12H,10-11,13H2,1-3H3,(H,25,26). The molecule has 8 heteroatoms. The van der Waals surface area contributed by atoms with Gasteiger partial charge in [-0.1, -0.05) is 18.2 Å². The number of hydrogen-bond acceptors (Lipinski definition) is 4. The van der Waals surface area contributed by atoms with Gasteiger partial charge in [0.1, 0.15) is 18.0 Å². The summed E-state index contributed by atoms with van der Waals surface area (Å²) in [6.45, 7) is 4.98. The van der Waals surface area contributed by atoms with Crippen molar-refractivity contribution in [2.75, 3.05) is 13.2 Å². The molecule has 0 bridgehead atoms. The number of carboxylic acid groups (broad SMARTS) is 1. The van der Waals surface area contributed by atoms with Crippen molar-refractivity contribution in [1.29, 1.82) is 0 Å². The lowest BCUT2D eigenvalue weighted by Crippen LogP contribution is -2.38. The Hall–Kier alpha value is -3.16. The van der Waals surface area contributed by atoms with Crippen LogP contribution < -0.4 is 4.74 Å². The minimum Gasteiger partial charge on any atom is -0.489 e. The van der Waals surface area contributed by atoms with E-state index in [0.717, 1.165) is 6.07 Å². The molecule has 0 heterocycles. The van der Waals surface area contributed by atoms with E-state index in [0.29, 0.717) is 5.56 Å². The van der Waals surface area contributed by atoms with E-state index < -0.39 is 29.3 Å². The molecule has 2 aromatic carbocycles. The Bertz CT molecular complexity index is 880. The lowest BCUT2D eigenvalue weighted by atomic mass is 10.2. The summed E-state index contributed by atoms with van der Waals surface area (Å²) >= 11 is 0. The highest BCUT2D eigenvalue weighted by atomic mass is 19.1. The number of carbonyl (C=O) groups excluding carboxylic acids is 1. The van der Waals surface area contributed by atoms with Gasteiger partial charge < -0.3 is 19.5 Å². The van der Waals surface area contributed by atoms with Gasteiger partial charge in [-0.2, -0.15) is 0 Å². The van der Waals surface area contributed by atoms with Crippen molar-refractivity contribution in [3.05, 3.63) is 65.2 Å². The molecule has 1 N–H and O–H groups in total. The maximum atomic E-state index is 14.0. The Morgan fingerprint density at radius 3 is 2.34 bits per heavy atom. The normalized spacial score (nSPS) is 11.1. The molecule has 0 aliphatic heterocycles. The van der Waals surface area contributed by atoms with Crippen LogP contribution in [0.4, 0.5) is 13.6 Å². The molecule has 29 heavy (non-hydrogen) atoms. The number of carboxylic acids is 1. The Kier molecular flexibility index (Phi) is 7.14. The quantitative estimate of drug-likeness (QED) is 0.732. The third-order valence-electron chi connectivity index (χ3n) is 3.77. The molecule has 0 aliphatic carbocycles.